The Hall–Kier alpha value is -1.36. The zero-order chi connectivity index (χ0) is 12.0. The largest absolute Gasteiger partial charge is 0.369 e. The predicted octanol–water partition coefficient (Wildman–Crippen LogP) is 0.504. The van der Waals surface area contributed by atoms with Crippen molar-refractivity contribution in [1.29, 1.82) is 0 Å². The first-order chi connectivity index (χ1) is 7.63. The Morgan fingerprint density at radius 2 is 2.44 bits per heavy atom. The summed E-state index contributed by atoms with van der Waals surface area (Å²) in [6.07, 6.45) is 4.80. The van der Waals surface area contributed by atoms with Crippen LogP contribution in [-0.2, 0) is 17.9 Å². The van der Waals surface area contributed by atoms with Gasteiger partial charge in [0.25, 0.3) is 0 Å². The molecular formula is C11H20N4O. The van der Waals surface area contributed by atoms with E-state index < -0.39 is 0 Å². The quantitative estimate of drug-likeness (QED) is 0.663. The normalized spacial score (nSPS) is 12.6. The van der Waals surface area contributed by atoms with E-state index in [0.29, 0.717) is 6.54 Å². The van der Waals surface area contributed by atoms with Gasteiger partial charge in [0.2, 0.25) is 5.91 Å². The van der Waals surface area contributed by atoms with Gasteiger partial charge < -0.3 is 15.6 Å². The molecule has 1 rings (SSSR count). The summed E-state index contributed by atoms with van der Waals surface area (Å²) < 4.78 is 1.90. The van der Waals surface area contributed by atoms with Crippen LogP contribution in [-0.4, -0.2) is 22.0 Å². The molecule has 0 radical (unpaired) electrons. The van der Waals surface area contributed by atoms with Gasteiger partial charge in [-0.15, -0.1) is 0 Å². The third-order valence-electron chi connectivity index (χ3n) is 2.39. The molecule has 5 nitrogen and oxygen atoms in total. The molecule has 90 valence electrons. The Morgan fingerprint density at radius 1 is 1.69 bits per heavy atom. The van der Waals surface area contributed by atoms with E-state index in [0.717, 1.165) is 25.2 Å². The van der Waals surface area contributed by atoms with Gasteiger partial charge in [-0.1, -0.05) is 13.8 Å². The van der Waals surface area contributed by atoms with Gasteiger partial charge in [-0.2, -0.15) is 0 Å². The van der Waals surface area contributed by atoms with E-state index in [2.05, 4.69) is 17.2 Å². The van der Waals surface area contributed by atoms with E-state index in [1.807, 2.05) is 17.7 Å². The van der Waals surface area contributed by atoms with Gasteiger partial charge in [0.1, 0.15) is 0 Å². The van der Waals surface area contributed by atoms with Gasteiger partial charge in [-0.05, 0) is 13.0 Å². The summed E-state index contributed by atoms with van der Waals surface area (Å²) in [7, 11) is 0. The van der Waals surface area contributed by atoms with Gasteiger partial charge in [-0.25, -0.2) is 4.98 Å². The summed E-state index contributed by atoms with van der Waals surface area (Å²) in [4.78, 5) is 15.1. The van der Waals surface area contributed by atoms with Crippen molar-refractivity contribution in [3.8, 4) is 0 Å². The lowest BCUT2D eigenvalue weighted by molar-refractivity contribution is -0.121. The van der Waals surface area contributed by atoms with Crippen molar-refractivity contribution < 1.29 is 4.79 Å². The van der Waals surface area contributed by atoms with E-state index >= 15 is 0 Å². The van der Waals surface area contributed by atoms with Crippen molar-refractivity contribution in [2.75, 3.05) is 6.54 Å². The number of imidazole rings is 1. The fraction of sp³-hybridized carbons (Fsp3) is 0.636. The van der Waals surface area contributed by atoms with Crippen molar-refractivity contribution in [1.82, 2.24) is 14.9 Å². The maximum atomic E-state index is 10.9. The molecule has 1 atom stereocenters. The van der Waals surface area contributed by atoms with Crippen LogP contribution < -0.4 is 11.1 Å². The zero-order valence-electron chi connectivity index (χ0n) is 9.94. The van der Waals surface area contributed by atoms with E-state index in [1.165, 1.54) is 0 Å². The first-order valence-corrected chi connectivity index (χ1v) is 5.64. The molecule has 0 aliphatic rings. The number of primary amides is 1. The van der Waals surface area contributed by atoms with Gasteiger partial charge in [0, 0.05) is 19.3 Å². The third-order valence-corrected chi connectivity index (χ3v) is 2.39. The van der Waals surface area contributed by atoms with Crippen LogP contribution in [0.2, 0.25) is 0 Å². The first kappa shape index (κ1) is 12.7. The van der Waals surface area contributed by atoms with Crippen LogP contribution in [0, 0.1) is 5.92 Å². The van der Waals surface area contributed by atoms with Crippen molar-refractivity contribution in [2.45, 2.75) is 33.4 Å². The number of carbonyl (C=O) groups is 1. The van der Waals surface area contributed by atoms with Crippen molar-refractivity contribution >= 4 is 5.91 Å². The minimum absolute atomic E-state index is 0.161. The average molecular weight is 224 g/mol. The number of rotatable bonds is 7. The highest BCUT2D eigenvalue weighted by atomic mass is 16.1. The molecular weight excluding hydrogens is 204 g/mol. The summed E-state index contributed by atoms with van der Waals surface area (Å²) >= 11 is 0. The third kappa shape index (κ3) is 4.02. The predicted molar refractivity (Wildman–Crippen MR) is 62.6 cm³/mol. The Morgan fingerprint density at radius 3 is 3.06 bits per heavy atom. The molecule has 0 fully saturated rings. The molecule has 1 aromatic heterocycles. The molecule has 5 heteroatoms. The number of hydrogen-bond donors (Lipinski definition) is 2. The van der Waals surface area contributed by atoms with E-state index in [9.17, 15) is 4.79 Å². The van der Waals surface area contributed by atoms with Crippen molar-refractivity contribution in [3.63, 3.8) is 0 Å². The molecule has 1 amide bonds. The van der Waals surface area contributed by atoms with Crippen LogP contribution in [0.3, 0.4) is 0 Å². The summed E-state index contributed by atoms with van der Waals surface area (Å²) in [6, 6.07) is 0. The summed E-state index contributed by atoms with van der Waals surface area (Å²) in [6.45, 7) is 6.30. The van der Waals surface area contributed by atoms with Crippen LogP contribution in [0.25, 0.3) is 0 Å². The van der Waals surface area contributed by atoms with Gasteiger partial charge in [0.05, 0.1) is 17.9 Å². The first-order valence-electron chi connectivity index (χ1n) is 5.64. The monoisotopic (exact) mass is 224 g/mol. The molecule has 0 aromatic carbocycles. The summed E-state index contributed by atoms with van der Waals surface area (Å²) in [5, 5.41) is 3.27. The highest BCUT2D eigenvalue weighted by Gasteiger charge is 2.09. The highest BCUT2D eigenvalue weighted by Crippen LogP contribution is 2.02. The van der Waals surface area contributed by atoms with Gasteiger partial charge >= 0.3 is 0 Å². The maximum Gasteiger partial charge on any atom is 0.222 e. The molecule has 0 spiro atoms. The fourth-order valence-corrected chi connectivity index (χ4v) is 1.40. The lowest BCUT2D eigenvalue weighted by Crippen LogP contribution is -2.24. The molecule has 16 heavy (non-hydrogen) atoms. The number of carbonyl (C=O) groups excluding carboxylic acids is 1. The van der Waals surface area contributed by atoms with E-state index in [-0.39, 0.29) is 11.8 Å². The summed E-state index contributed by atoms with van der Waals surface area (Å²) in [5.41, 5.74) is 6.19. The molecule has 0 saturated carbocycles. The van der Waals surface area contributed by atoms with Crippen LogP contribution in [0.4, 0.5) is 0 Å². The number of aromatic nitrogens is 2. The molecule has 0 aliphatic carbocycles. The number of amides is 1. The lowest BCUT2D eigenvalue weighted by atomic mass is 10.2. The molecule has 3 N–H and O–H groups in total. The minimum atomic E-state index is -0.278. The Labute approximate surface area is 96.0 Å². The number of nitrogens with zero attached hydrogens (tertiary/aromatic N) is 2. The second kappa shape index (κ2) is 6.27. The molecule has 1 unspecified atom stereocenters. The zero-order valence-corrected chi connectivity index (χ0v) is 9.94. The maximum absolute atomic E-state index is 10.9. The SMILES string of the molecule is CCCNCc1cn(CC(C)C(N)=O)cn1. The van der Waals surface area contributed by atoms with Crippen molar-refractivity contribution in [2.24, 2.45) is 11.7 Å². The molecule has 1 aromatic rings. The number of nitrogens with one attached hydrogen (secondary N) is 1. The van der Waals surface area contributed by atoms with Crippen LogP contribution in [0.5, 0.6) is 0 Å². The second-order valence-corrected chi connectivity index (χ2v) is 4.04. The molecule has 0 aliphatic heterocycles. The van der Waals surface area contributed by atoms with E-state index in [4.69, 9.17) is 5.73 Å². The topological polar surface area (TPSA) is 72.9 Å². The minimum Gasteiger partial charge on any atom is -0.369 e. The van der Waals surface area contributed by atoms with Crippen molar-refractivity contribution in [3.05, 3.63) is 18.2 Å². The van der Waals surface area contributed by atoms with Crippen LogP contribution >= 0.6 is 0 Å². The second-order valence-electron chi connectivity index (χ2n) is 4.04. The van der Waals surface area contributed by atoms with Gasteiger partial charge in [0.15, 0.2) is 0 Å². The molecule has 1 heterocycles. The molecule has 0 bridgehead atoms. The Bertz CT molecular complexity index is 334. The smallest absolute Gasteiger partial charge is 0.222 e. The molecule has 0 saturated heterocycles. The van der Waals surface area contributed by atoms with Gasteiger partial charge in [-0.3, -0.25) is 4.79 Å². The van der Waals surface area contributed by atoms with Crippen LogP contribution in [0.15, 0.2) is 12.5 Å². The summed E-state index contributed by atoms with van der Waals surface area (Å²) in [5.74, 6) is -0.440. The number of nitrogens with two attached hydrogens (primary N) is 1. The van der Waals surface area contributed by atoms with E-state index in [1.54, 1.807) is 6.33 Å². The Balaban J connectivity index is 2.42. The Kier molecular flexibility index (Phi) is 4.98. The standard InChI is InChI=1S/C11H20N4O/c1-3-4-13-5-10-7-15(8-14-10)6-9(2)11(12)16/h7-9,13H,3-6H2,1-2H3,(H2,12,16). The van der Waals surface area contributed by atoms with Crippen LogP contribution in [0.1, 0.15) is 26.0 Å². The lowest BCUT2D eigenvalue weighted by Gasteiger charge is -2.06. The average Bonchev–Trinajstić information content (AvgIpc) is 2.66. The highest BCUT2D eigenvalue weighted by molar-refractivity contribution is 5.76. The number of hydrogen-bond acceptors (Lipinski definition) is 3. The fourth-order valence-electron chi connectivity index (χ4n) is 1.40.